The van der Waals surface area contributed by atoms with Gasteiger partial charge in [0, 0.05) is 0 Å². The van der Waals surface area contributed by atoms with Gasteiger partial charge in [0.25, 0.3) is 0 Å². The van der Waals surface area contributed by atoms with Crippen molar-refractivity contribution in [2.24, 2.45) is 0 Å². The summed E-state index contributed by atoms with van der Waals surface area (Å²) >= 11 is 1.22. The van der Waals surface area contributed by atoms with Crippen molar-refractivity contribution in [3.8, 4) is 0 Å². The number of hydrogen-bond acceptors (Lipinski definition) is 3. The molecule has 4 heteroatoms. The molecule has 0 aromatic carbocycles. The van der Waals surface area contributed by atoms with E-state index in [2.05, 4.69) is 9.36 Å². The zero-order valence-electron chi connectivity index (χ0n) is 5.07. The number of aromatic nitrogens is 2. The van der Waals surface area contributed by atoms with E-state index in [4.69, 9.17) is 0 Å². The first-order valence-electron chi connectivity index (χ1n) is 2.76. The van der Waals surface area contributed by atoms with Crippen LogP contribution in [0.25, 0.3) is 0 Å². The Hall–Kier alpha value is -0.480. The Bertz CT molecular complexity index is 163. The first-order valence-corrected chi connectivity index (χ1v) is 3.60. The highest BCUT2D eigenvalue weighted by atomic mass is 32.1. The van der Waals surface area contributed by atoms with Crippen LogP contribution in [0, 0.1) is 0 Å². The van der Waals surface area contributed by atoms with E-state index in [1.165, 1.54) is 11.5 Å². The lowest BCUT2D eigenvalue weighted by Crippen LogP contribution is -1.94. The Labute approximate surface area is 57.5 Å². The van der Waals surface area contributed by atoms with E-state index in [0.717, 1.165) is 0 Å². The van der Waals surface area contributed by atoms with E-state index in [-0.39, 0.29) is 0 Å². The maximum Gasteiger partial charge on any atom is 0.174 e. The molecule has 0 aliphatic carbocycles. The number of hydrogen-bond donors (Lipinski definition) is 0. The molecule has 0 aliphatic rings. The van der Waals surface area contributed by atoms with Crippen molar-refractivity contribution in [1.29, 1.82) is 0 Å². The van der Waals surface area contributed by atoms with Gasteiger partial charge in [-0.05, 0) is 18.0 Å². The Morgan fingerprint density at radius 3 is 3.11 bits per heavy atom. The van der Waals surface area contributed by atoms with Crippen molar-refractivity contribution in [3.63, 3.8) is 0 Å². The largest absolute Gasteiger partial charge is 0.225 e. The van der Waals surface area contributed by atoms with Gasteiger partial charge in [-0.1, -0.05) is 6.92 Å². The molecule has 9 heavy (non-hydrogen) atoms. The maximum absolute atomic E-state index is 10.8. The number of rotatable bonds is 2. The summed E-state index contributed by atoms with van der Waals surface area (Å²) in [5, 5.41) is 10.8. The molecule has 49 valence electrons. The summed E-state index contributed by atoms with van der Waals surface area (Å²) in [5.41, 5.74) is 1.58. The second-order valence-corrected chi connectivity index (χ2v) is 2.29. The van der Waals surface area contributed by atoms with E-state index >= 15 is 0 Å². The van der Waals surface area contributed by atoms with Crippen LogP contribution < -0.4 is 0 Å². The quantitative estimate of drug-likeness (QED) is 0.628. The summed E-state index contributed by atoms with van der Waals surface area (Å²) in [7, 11) is 0. The van der Waals surface area contributed by atoms with Crippen LogP contribution in [0.2, 0.25) is 0 Å². The third-order valence-electron chi connectivity index (χ3n) is 1.04. The minimum absolute atomic E-state index is 0.433. The molecule has 0 saturated heterocycles. The molecule has 0 fully saturated rings. The maximum atomic E-state index is 10.8. The molecule has 0 spiro atoms. The van der Waals surface area contributed by atoms with Gasteiger partial charge < -0.3 is 0 Å². The molecular weight excluding hydrogens is 136 g/mol. The Kier molecular flexibility index (Phi) is 2.13. The Morgan fingerprint density at radius 2 is 2.67 bits per heavy atom. The average Bonchev–Trinajstić information content (AvgIpc) is 2.37. The zero-order chi connectivity index (χ0) is 6.69. The van der Waals surface area contributed by atoms with E-state index in [0.29, 0.717) is 12.2 Å². The molecule has 0 aliphatic heterocycles. The molecule has 1 aromatic rings. The zero-order valence-corrected chi connectivity index (χ0v) is 5.89. The molecule has 1 atom stereocenters. The molecule has 3 nitrogen and oxygen atoms in total. The Morgan fingerprint density at radius 1 is 1.89 bits per heavy atom. The molecule has 1 aromatic heterocycles. The first kappa shape index (κ1) is 6.64. The van der Waals surface area contributed by atoms with E-state index in [9.17, 15) is 5.11 Å². The van der Waals surface area contributed by atoms with Gasteiger partial charge in [-0.15, -0.1) is 0 Å². The SMILES string of the molecule is CCC([O])c1ncsn1. The van der Waals surface area contributed by atoms with Crippen molar-refractivity contribution in [3.05, 3.63) is 11.3 Å². The van der Waals surface area contributed by atoms with Crippen molar-refractivity contribution < 1.29 is 5.11 Å². The van der Waals surface area contributed by atoms with Gasteiger partial charge in [0.15, 0.2) is 11.9 Å². The van der Waals surface area contributed by atoms with Gasteiger partial charge in [-0.25, -0.2) is 10.1 Å². The van der Waals surface area contributed by atoms with Crippen LogP contribution in [-0.4, -0.2) is 9.36 Å². The summed E-state index contributed by atoms with van der Waals surface area (Å²) in [6.07, 6.45) is -0.159. The van der Waals surface area contributed by atoms with Gasteiger partial charge in [-0.2, -0.15) is 4.37 Å². The highest BCUT2D eigenvalue weighted by molar-refractivity contribution is 7.03. The molecule has 1 radical (unpaired) electrons. The molecular formula is C5H7N2OS. The molecule has 1 unspecified atom stereocenters. The van der Waals surface area contributed by atoms with Crippen LogP contribution in [0.5, 0.6) is 0 Å². The minimum Gasteiger partial charge on any atom is -0.225 e. The summed E-state index contributed by atoms with van der Waals surface area (Å²) in [4.78, 5) is 3.78. The van der Waals surface area contributed by atoms with Crippen LogP contribution in [0.1, 0.15) is 25.3 Å². The Balaban J connectivity index is 2.65. The van der Waals surface area contributed by atoms with Gasteiger partial charge >= 0.3 is 0 Å². The van der Waals surface area contributed by atoms with E-state index < -0.39 is 6.10 Å². The lowest BCUT2D eigenvalue weighted by Gasteiger charge is -1.95. The second-order valence-electron chi connectivity index (χ2n) is 1.69. The van der Waals surface area contributed by atoms with E-state index in [1.54, 1.807) is 5.51 Å². The molecule has 0 amide bonds. The minimum atomic E-state index is -0.726. The van der Waals surface area contributed by atoms with Gasteiger partial charge in [-0.3, -0.25) is 0 Å². The third-order valence-corrected chi connectivity index (χ3v) is 1.53. The average molecular weight is 143 g/mol. The normalized spacial score (nSPS) is 13.6. The second kappa shape index (κ2) is 2.89. The first-order chi connectivity index (χ1) is 4.34. The highest BCUT2D eigenvalue weighted by Crippen LogP contribution is 2.11. The van der Waals surface area contributed by atoms with Gasteiger partial charge in [0.2, 0.25) is 0 Å². The molecule has 0 N–H and O–H groups in total. The van der Waals surface area contributed by atoms with Crippen LogP contribution >= 0.6 is 11.5 Å². The fourth-order valence-corrected chi connectivity index (χ4v) is 0.978. The lowest BCUT2D eigenvalue weighted by molar-refractivity contribution is 0.0790. The van der Waals surface area contributed by atoms with Crippen LogP contribution in [0.3, 0.4) is 0 Å². The summed E-state index contributed by atoms with van der Waals surface area (Å²) in [5.74, 6) is 0.433. The topological polar surface area (TPSA) is 45.7 Å². The lowest BCUT2D eigenvalue weighted by atomic mass is 10.3. The van der Waals surface area contributed by atoms with E-state index in [1.807, 2.05) is 6.92 Å². The predicted molar refractivity (Wildman–Crippen MR) is 33.6 cm³/mol. The highest BCUT2D eigenvalue weighted by Gasteiger charge is 2.08. The van der Waals surface area contributed by atoms with Crippen molar-refractivity contribution in [2.45, 2.75) is 19.4 Å². The van der Waals surface area contributed by atoms with Crippen LogP contribution in [-0.2, 0) is 5.11 Å². The van der Waals surface area contributed by atoms with Gasteiger partial charge in [0.05, 0.1) is 0 Å². The summed E-state index contributed by atoms with van der Waals surface area (Å²) in [6.45, 7) is 1.83. The molecule has 1 rings (SSSR count). The number of nitrogens with zero attached hydrogens (tertiary/aromatic N) is 2. The standard InChI is InChI=1S/C5H7N2OS/c1-2-4(8)5-6-3-9-7-5/h3-4H,2H2,1H3. The van der Waals surface area contributed by atoms with Crippen molar-refractivity contribution in [1.82, 2.24) is 9.36 Å². The smallest absolute Gasteiger partial charge is 0.174 e. The summed E-state index contributed by atoms with van der Waals surface area (Å²) < 4.78 is 3.81. The van der Waals surface area contributed by atoms with Gasteiger partial charge in [0.1, 0.15) is 5.51 Å². The van der Waals surface area contributed by atoms with Crippen LogP contribution in [0.15, 0.2) is 5.51 Å². The van der Waals surface area contributed by atoms with Crippen molar-refractivity contribution in [2.75, 3.05) is 0 Å². The van der Waals surface area contributed by atoms with Crippen molar-refractivity contribution >= 4 is 11.5 Å². The third kappa shape index (κ3) is 1.46. The predicted octanol–water partition coefficient (Wildman–Crippen LogP) is 1.42. The molecule has 0 bridgehead atoms. The molecule has 1 heterocycles. The monoisotopic (exact) mass is 143 g/mol. The van der Waals surface area contributed by atoms with Crippen LogP contribution in [0.4, 0.5) is 0 Å². The fourth-order valence-electron chi connectivity index (χ4n) is 0.503. The molecule has 0 saturated carbocycles. The fraction of sp³-hybridized carbons (Fsp3) is 0.600. The summed E-state index contributed by atoms with van der Waals surface area (Å²) in [6, 6.07) is 0.